The molecule has 0 aromatic carbocycles. The molecule has 0 atom stereocenters. The molecule has 3 heteroatoms. The number of hydrogen-bond donors (Lipinski definition) is 2. The van der Waals surface area contributed by atoms with Gasteiger partial charge in [-0.05, 0) is 20.8 Å². The standard InChI is InChI=1S/C6H15N.C2H4O2/c1-4-7(5-2)6-3;1-2(3)4/h4-6H2,1-3H3;1H3,(H,3,4)/p+1. The molecule has 0 saturated heterocycles. The first-order valence-corrected chi connectivity index (χ1v) is 4.11. The molecule has 0 amide bonds. The van der Waals surface area contributed by atoms with E-state index < -0.39 is 5.97 Å². The van der Waals surface area contributed by atoms with Crippen molar-refractivity contribution in [2.45, 2.75) is 27.7 Å². The Bertz CT molecular complexity index is 80.6. The van der Waals surface area contributed by atoms with Crippen LogP contribution in [0.3, 0.4) is 0 Å². The van der Waals surface area contributed by atoms with Gasteiger partial charge in [0.2, 0.25) is 0 Å². The van der Waals surface area contributed by atoms with Gasteiger partial charge in [-0.2, -0.15) is 0 Å². The van der Waals surface area contributed by atoms with E-state index in [4.69, 9.17) is 9.90 Å². The van der Waals surface area contributed by atoms with Crippen LogP contribution in [0.15, 0.2) is 0 Å². The zero-order valence-electron chi connectivity index (χ0n) is 7.98. The molecule has 0 radical (unpaired) electrons. The molecule has 0 aliphatic rings. The molecule has 0 aliphatic carbocycles. The van der Waals surface area contributed by atoms with E-state index in [1.54, 1.807) is 4.90 Å². The Morgan fingerprint density at radius 3 is 1.36 bits per heavy atom. The smallest absolute Gasteiger partial charge is 0.300 e. The highest BCUT2D eigenvalue weighted by molar-refractivity contribution is 5.62. The molecule has 68 valence electrons. The highest BCUT2D eigenvalue weighted by Crippen LogP contribution is 1.45. The number of quaternary nitrogens is 1. The Kier molecular flexibility index (Phi) is 11.2. The van der Waals surface area contributed by atoms with Crippen molar-refractivity contribution in [1.29, 1.82) is 0 Å². The van der Waals surface area contributed by atoms with Crippen molar-refractivity contribution in [2.75, 3.05) is 19.6 Å². The van der Waals surface area contributed by atoms with Gasteiger partial charge in [0.05, 0.1) is 19.6 Å². The first kappa shape index (κ1) is 13.1. The van der Waals surface area contributed by atoms with Crippen molar-refractivity contribution in [2.24, 2.45) is 0 Å². The van der Waals surface area contributed by atoms with Crippen molar-refractivity contribution in [1.82, 2.24) is 0 Å². The van der Waals surface area contributed by atoms with Crippen LogP contribution in [0.5, 0.6) is 0 Å². The average Bonchev–Trinajstić information content (AvgIpc) is 1.90. The molecule has 0 saturated carbocycles. The van der Waals surface area contributed by atoms with Crippen LogP contribution in [0.2, 0.25) is 0 Å². The topological polar surface area (TPSA) is 41.7 Å². The van der Waals surface area contributed by atoms with Gasteiger partial charge < -0.3 is 10.0 Å². The van der Waals surface area contributed by atoms with E-state index in [2.05, 4.69) is 20.8 Å². The molecule has 0 spiro atoms. The minimum Gasteiger partial charge on any atom is -0.481 e. The summed E-state index contributed by atoms with van der Waals surface area (Å²) in [7, 11) is 0. The summed E-state index contributed by atoms with van der Waals surface area (Å²) in [6.45, 7) is 11.6. The van der Waals surface area contributed by atoms with Crippen LogP contribution in [0.25, 0.3) is 0 Å². The van der Waals surface area contributed by atoms with Crippen molar-refractivity contribution in [3.8, 4) is 0 Å². The Balaban J connectivity index is 0. The maximum absolute atomic E-state index is 9.00. The summed E-state index contributed by atoms with van der Waals surface area (Å²) in [6, 6.07) is 0. The van der Waals surface area contributed by atoms with Crippen LogP contribution in [-0.4, -0.2) is 30.7 Å². The van der Waals surface area contributed by atoms with Crippen molar-refractivity contribution >= 4 is 5.97 Å². The van der Waals surface area contributed by atoms with Gasteiger partial charge in [-0.25, -0.2) is 0 Å². The number of carboxylic acids is 1. The zero-order valence-corrected chi connectivity index (χ0v) is 7.98. The maximum Gasteiger partial charge on any atom is 0.300 e. The predicted octanol–water partition coefficient (Wildman–Crippen LogP) is 0.0219. The molecule has 0 aliphatic heterocycles. The molecule has 0 unspecified atom stereocenters. The summed E-state index contributed by atoms with van der Waals surface area (Å²) < 4.78 is 0. The van der Waals surface area contributed by atoms with E-state index in [0.717, 1.165) is 6.92 Å². The summed E-state index contributed by atoms with van der Waals surface area (Å²) in [4.78, 5) is 10.7. The second-order valence-corrected chi connectivity index (χ2v) is 2.33. The van der Waals surface area contributed by atoms with Crippen LogP contribution in [0, 0.1) is 0 Å². The fourth-order valence-corrected chi connectivity index (χ4v) is 0.750. The normalized spacial score (nSPS) is 8.82. The van der Waals surface area contributed by atoms with Crippen LogP contribution in [-0.2, 0) is 4.79 Å². The number of nitrogens with one attached hydrogen (secondary N) is 1. The molecule has 2 N–H and O–H groups in total. The third-order valence-corrected chi connectivity index (χ3v) is 1.50. The zero-order chi connectivity index (χ0) is 9.28. The quantitative estimate of drug-likeness (QED) is 0.614. The van der Waals surface area contributed by atoms with Gasteiger partial charge in [0.1, 0.15) is 0 Å². The Morgan fingerprint density at radius 2 is 1.36 bits per heavy atom. The van der Waals surface area contributed by atoms with Crippen LogP contribution in [0.1, 0.15) is 27.7 Å². The van der Waals surface area contributed by atoms with Crippen LogP contribution < -0.4 is 4.90 Å². The average molecular weight is 162 g/mol. The summed E-state index contributed by atoms with van der Waals surface area (Å²) in [5, 5.41) is 7.42. The lowest BCUT2D eigenvalue weighted by Gasteiger charge is -2.10. The van der Waals surface area contributed by atoms with Gasteiger partial charge in [-0.3, -0.25) is 4.79 Å². The molecular weight excluding hydrogens is 142 g/mol. The van der Waals surface area contributed by atoms with E-state index >= 15 is 0 Å². The van der Waals surface area contributed by atoms with Gasteiger partial charge in [0.15, 0.2) is 0 Å². The number of carboxylic acid groups (broad SMARTS) is 1. The third kappa shape index (κ3) is 17.7. The largest absolute Gasteiger partial charge is 0.481 e. The number of aliphatic carboxylic acids is 1. The van der Waals surface area contributed by atoms with Crippen molar-refractivity contribution in [3.63, 3.8) is 0 Å². The number of hydrogen-bond acceptors (Lipinski definition) is 1. The minimum atomic E-state index is -0.833. The fourth-order valence-electron chi connectivity index (χ4n) is 0.750. The molecule has 0 rings (SSSR count). The molecule has 0 fully saturated rings. The molecular formula is C8H20NO2+. The van der Waals surface area contributed by atoms with Crippen LogP contribution in [0.4, 0.5) is 0 Å². The summed E-state index contributed by atoms with van der Waals surface area (Å²) >= 11 is 0. The molecule has 11 heavy (non-hydrogen) atoms. The Morgan fingerprint density at radius 1 is 1.18 bits per heavy atom. The second kappa shape index (κ2) is 9.43. The van der Waals surface area contributed by atoms with E-state index in [9.17, 15) is 0 Å². The number of rotatable bonds is 3. The summed E-state index contributed by atoms with van der Waals surface area (Å²) in [6.07, 6.45) is 0. The van der Waals surface area contributed by atoms with Gasteiger partial charge in [0, 0.05) is 6.92 Å². The lowest BCUT2D eigenvalue weighted by Crippen LogP contribution is -3.11. The molecule has 0 bridgehead atoms. The minimum absolute atomic E-state index is 0.833. The lowest BCUT2D eigenvalue weighted by molar-refractivity contribution is -0.894. The molecule has 3 nitrogen and oxygen atoms in total. The molecule has 0 aromatic rings. The van der Waals surface area contributed by atoms with E-state index in [1.165, 1.54) is 19.6 Å². The maximum atomic E-state index is 9.00. The monoisotopic (exact) mass is 162 g/mol. The van der Waals surface area contributed by atoms with Gasteiger partial charge in [-0.1, -0.05) is 0 Å². The first-order chi connectivity index (χ1) is 5.08. The predicted molar refractivity (Wildman–Crippen MR) is 45.9 cm³/mol. The Hall–Kier alpha value is -0.570. The fraction of sp³-hybridized carbons (Fsp3) is 0.875. The Labute approximate surface area is 69.0 Å². The second-order valence-electron chi connectivity index (χ2n) is 2.33. The number of carbonyl (C=O) groups is 1. The van der Waals surface area contributed by atoms with Crippen molar-refractivity contribution in [3.05, 3.63) is 0 Å². The van der Waals surface area contributed by atoms with Crippen molar-refractivity contribution < 1.29 is 14.8 Å². The SMILES string of the molecule is CC(=O)O.CC[NH+](CC)CC. The summed E-state index contributed by atoms with van der Waals surface area (Å²) in [5.41, 5.74) is 0. The van der Waals surface area contributed by atoms with Gasteiger partial charge in [-0.15, -0.1) is 0 Å². The summed E-state index contributed by atoms with van der Waals surface area (Å²) in [5.74, 6) is -0.833. The van der Waals surface area contributed by atoms with E-state index in [-0.39, 0.29) is 0 Å². The van der Waals surface area contributed by atoms with E-state index in [0.29, 0.717) is 0 Å². The third-order valence-electron chi connectivity index (χ3n) is 1.50. The van der Waals surface area contributed by atoms with E-state index in [1.807, 2.05) is 0 Å². The highest BCUT2D eigenvalue weighted by Gasteiger charge is 1.92. The molecule has 0 aromatic heterocycles. The van der Waals surface area contributed by atoms with Gasteiger partial charge in [0.25, 0.3) is 5.97 Å². The first-order valence-electron chi connectivity index (χ1n) is 4.11. The molecule has 0 heterocycles. The van der Waals surface area contributed by atoms with Gasteiger partial charge >= 0.3 is 0 Å². The van der Waals surface area contributed by atoms with Crippen LogP contribution >= 0.6 is 0 Å². The lowest BCUT2D eigenvalue weighted by atomic mass is 10.5. The highest BCUT2D eigenvalue weighted by atomic mass is 16.4.